The van der Waals surface area contributed by atoms with Gasteiger partial charge in [0.05, 0.1) is 22.4 Å². The highest BCUT2D eigenvalue weighted by atomic mass is 32.2. The van der Waals surface area contributed by atoms with Gasteiger partial charge in [-0.15, -0.1) is 16.2 Å². The van der Waals surface area contributed by atoms with E-state index in [-0.39, 0.29) is 12.4 Å². The fourth-order valence-electron chi connectivity index (χ4n) is 1.65. The molecule has 0 aliphatic rings. The molecule has 128 valence electrons. The van der Waals surface area contributed by atoms with Gasteiger partial charge in [0, 0.05) is 30.5 Å². The van der Waals surface area contributed by atoms with Gasteiger partial charge in [-0.25, -0.2) is 9.99 Å². The van der Waals surface area contributed by atoms with Crippen molar-refractivity contribution >= 4 is 23.1 Å². The minimum atomic E-state index is -0.626. The third-order valence-electron chi connectivity index (χ3n) is 2.61. The summed E-state index contributed by atoms with van der Waals surface area (Å²) in [6.45, 7) is 1.10. The largest absolute Gasteiger partial charge is 0.368 e. The van der Waals surface area contributed by atoms with Gasteiger partial charge in [0.2, 0.25) is 0 Å². The van der Waals surface area contributed by atoms with Crippen molar-refractivity contribution in [2.24, 2.45) is 5.29 Å². The predicted molar refractivity (Wildman–Crippen MR) is 92.3 cm³/mol. The minimum absolute atomic E-state index is 0.0625. The van der Waals surface area contributed by atoms with Crippen LogP contribution in [0.2, 0.25) is 0 Å². The van der Waals surface area contributed by atoms with Crippen LogP contribution in [0.5, 0.6) is 0 Å². The average molecular weight is 360 g/mol. The summed E-state index contributed by atoms with van der Waals surface area (Å²) in [4.78, 5) is 27.2. The number of hydrogen-bond donors (Lipinski definition) is 1. The Morgan fingerprint density at radius 1 is 1.61 bits per heavy atom. The number of nitro groups is 1. The number of rotatable bonds is 11. The van der Waals surface area contributed by atoms with Gasteiger partial charge < -0.3 is 10.2 Å². The van der Waals surface area contributed by atoms with Gasteiger partial charge in [-0.2, -0.15) is 11.8 Å². The Labute approximate surface area is 142 Å². The van der Waals surface area contributed by atoms with E-state index in [1.165, 1.54) is 7.05 Å². The van der Waals surface area contributed by atoms with E-state index in [4.69, 9.17) is 0 Å². The number of nitrogens with zero attached hydrogens (tertiary/aromatic N) is 5. The van der Waals surface area contributed by atoms with Crippen molar-refractivity contribution in [1.82, 2.24) is 20.2 Å². The van der Waals surface area contributed by atoms with Crippen molar-refractivity contribution in [1.29, 1.82) is 0 Å². The number of nitroso groups, excluding NO2 is 1. The van der Waals surface area contributed by atoms with Gasteiger partial charge in [0.25, 0.3) is 6.20 Å². The van der Waals surface area contributed by atoms with Crippen molar-refractivity contribution in [3.8, 4) is 0 Å². The van der Waals surface area contributed by atoms with Crippen LogP contribution < -0.4 is 5.32 Å². The van der Waals surface area contributed by atoms with Crippen molar-refractivity contribution < 1.29 is 4.92 Å². The highest BCUT2D eigenvalue weighted by Crippen LogP contribution is 2.17. The molecule has 0 atom stereocenters. The maximum atomic E-state index is 10.8. The molecule has 0 spiro atoms. The van der Waals surface area contributed by atoms with E-state index in [0.717, 1.165) is 34.2 Å². The Morgan fingerprint density at radius 3 is 2.91 bits per heavy atom. The van der Waals surface area contributed by atoms with Gasteiger partial charge in [0.1, 0.15) is 5.01 Å². The van der Waals surface area contributed by atoms with Gasteiger partial charge in [0.15, 0.2) is 5.82 Å². The lowest BCUT2D eigenvalue weighted by Gasteiger charge is -2.15. The first-order valence-electron chi connectivity index (χ1n) is 6.76. The molecule has 9 nitrogen and oxygen atoms in total. The highest BCUT2D eigenvalue weighted by Gasteiger charge is 2.12. The molecule has 1 aromatic heterocycles. The molecule has 0 saturated heterocycles. The molecule has 1 aromatic rings. The molecule has 0 aliphatic heterocycles. The first kappa shape index (κ1) is 19.3. The van der Waals surface area contributed by atoms with Crippen molar-refractivity contribution in [3.05, 3.63) is 43.1 Å². The Bertz CT molecular complexity index is 549. The van der Waals surface area contributed by atoms with Crippen LogP contribution in [0.4, 0.5) is 0 Å². The fourth-order valence-corrected chi connectivity index (χ4v) is 3.47. The summed E-state index contributed by atoms with van der Waals surface area (Å²) in [5.41, 5.74) is 0.997. The van der Waals surface area contributed by atoms with E-state index in [1.807, 2.05) is 19.5 Å². The monoisotopic (exact) mass is 360 g/mol. The summed E-state index contributed by atoms with van der Waals surface area (Å²) in [6, 6.07) is 0. The Balaban J connectivity index is 2.41. The lowest BCUT2D eigenvalue weighted by molar-refractivity contribution is -0.404. The second-order valence-corrected chi connectivity index (χ2v) is 6.83. The standard InChI is InChI=1S/C12H20N6O3S2/c1-13-11(6-18(20)21)17(15-19)4-5-22-8-10-9-23-12(14-10)7-16(2)3/h6,9,13H,4-5,7-8H2,1-3H3. The second-order valence-electron chi connectivity index (χ2n) is 4.78. The SMILES string of the molecule is CNC(=C[N+](=O)[O-])N(CCSCc1csc(CN(C)C)n1)N=O. The van der Waals surface area contributed by atoms with Crippen LogP contribution in [-0.4, -0.2) is 53.3 Å². The summed E-state index contributed by atoms with van der Waals surface area (Å²) >= 11 is 3.22. The average Bonchev–Trinajstić information content (AvgIpc) is 2.91. The number of hydrogen-bond acceptors (Lipinski definition) is 9. The van der Waals surface area contributed by atoms with Crippen molar-refractivity contribution in [2.75, 3.05) is 33.4 Å². The van der Waals surface area contributed by atoms with E-state index in [1.54, 1.807) is 23.1 Å². The zero-order valence-corrected chi connectivity index (χ0v) is 14.9. The fraction of sp³-hybridized carbons (Fsp3) is 0.583. The van der Waals surface area contributed by atoms with Crippen LogP contribution in [-0.2, 0) is 12.3 Å². The van der Waals surface area contributed by atoms with E-state index >= 15 is 0 Å². The normalized spacial score (nSPS) is 11.6. The molecule has 0 amide bonds. The van der Waals surface area contributed by atoms with Crippen LogP contribution in [0.3, 0.4) is 0 Å². The number of thiazole rings is 1. The summed E-state index contributed by atoms with van der Waals surface area (Å²) in [5, 5.41) is 20.0. The van der Waals surface area contributed by atoms with E-state index in [2.05, 4.69) is 20.5 Å². The minimum Gasteiger partial charge on any atom is -0.368 e. The summed E-state index contributed by atoms with van der Waals surface area (Å²) in [7, 11) is 5.49. The van der Waals surface area contributed by atoms with Gasteiger partial charge in [-0.05, 0) is 14.1 Å². The Morgan fingerprint density at radius 2 is 2.35 bits per heavy atom. The lowest BCUT2D eigenvalue weighted by Crippen LogP contribution is -2.28. The Hall–Kier alpha value is -1.72. The Kier molecular flexibility index (Phi) is 8.51. The first-order chi connectivity index (χ1) is 11.0. The first-order valence-corrected chi connectivity index (χ1v) is 8.79. The molecular weight excluding hydrogens is 340 g/mol. The smallest absolute Gasteiger partial charge is 0.276 e. The van der Waals surface area contributed by atoms with Crippen molar-refractivity contribution in [3.63, 3.8) is 0 Å². The van der Waals surface area contributed by atoms with E-state index in [9.17, 15) is 15.0 Å². The molecular formula is C12H20N6O3S2. The van der Waals surface area contributed by atoms with Crippen LogP contribution in [0.1, 0.15) is 10.7 Å². The molecule has 0 aliphatic carbocycles. The third-order valence-corrected chi connectivity index (χ3v) is 4.46. The maximum absolute atomic E-state index is 10.8. The molecule has 23 heavy (non-hydrogen) atoms. The molecule has 11 heteroatoms. The lowest BCUT2D eigenvalue weighted by atomic mass is 10.5. The van der Waals surface area contributed by atoms with Gasteiger partial charge in [-0.3, -0.25) is 10.1 Å². The molecule has 0 radical (unpaired) electrons. The molecule has 0 unspecified atom stereocenters. The van der Waals surface area contributed by atoms with Crippen LogP contribution in [0.15, 0.2) is 22.7 Å². The molecule has 0 aromatic carbocycles. The number of aromatic nitrogens is 1. The van der Waals surface area contributed by atoms with Crippen LogP contribution in [0.25, 0.3) is 0 Å². The van der Waals surface area contributed by atoms with E-state index in [0.29, 0.717) is 5.75 Å². The summed E-state index contributed by atoms with van der Waals surface area (Å²) in [5.74, 6) is 1.39. The quantitative estimate of drug-likeness (QED) is 0.275. The summed E-state index contributed by atoms with van der Waals surface area (Å²) in [6.07, 6.45) is 0.722. The molecule has 0 fully saturated rings. The molecule has 0 saturated carbocycles. The van der Waals surface area contributed by atoms with Gasteiger partial charge >= 0.3 is 0 Å². The number of thioether (sulfide) groups is 1. The molecule has 1 rings (SSSR count). The van der Waals surface area contributed by atoms with Crippen molar-refractivity contribution in [2.45, 2.75) is 12.3 Å². The third kappa shape index (κ3) is 7.39. The van der Waals surface area contributed by atoms with Crippen LogP contribution >= 0.6 is 23.1 Å². The summed E-state index contributed by atoms with van der Waals surface area (Å²) < 4.78 is 0. The maximum Gasteiger partial charge on any atom is 0.276 e. The predicted octanol–water partition coefficient (Wildman–Crippen LogP) is 1.72. The molecule has 0 bridgehead atoms. The highest BCUT2D eigenvalue weighted by molar-refractivity contribution is 7.98. The zero-order chi connectivity index (χ0) is 17.2. The van der Waals surface area contributed by atoms with E-state index < -0.39 is 4.92 Å². The topological polar surface area (TPSA) is 104 Å². The van der Waals surface area contributed by atoms with Crippen LogP contribution in [0, 0.1) is 15.0 Å². The molecule has 1 heterocycles. The van der Waals surface area contributed by atoms with Gasteiger partial charge in [-0.1, -0.05) is 0 Å². The second kappa shape index (κ2) is 10.1. The number of nitrogens with one attached hydrogen (secondary N) is 1. The zero-order valence-electron chi connectivity index (χ0n) is 13.3. The molecule has 1 N–H and O–H groups in total.